The molecule has 4 rings (SSSR count). The molecule has 1 amide bonds. The lowest BCUT2D eigenvalue weighted by Gasteiger charge is -2.28. The fourth-order valence-corrected chi connectivity index (χ4v) is 4.08. The van der Waals surface area contributed by atoms with Crippen LogP contribution in [0.4, 0.5) is 18.9 Å². The van der Waals surface area contributed by atoms with Gasteiger partial charge in [-0.15, -0.1) is 0 Å². The summed E-state index contributed by atoms with van der Waals surface area (Å²) in [5.41, 5.74) is 2.41. The molecular weight excluding hydrogens is 465 g/mol. The van der Waals surface area contributed by atoms with Crippen LogP contribution in [-0.4, -0.2) is 34.7 Å². The Morgan fingerprint density at radius 3 is 2.23 bits per heavy atom. The van der Waals surface area contributed by atoms with Gasteiger partial charge in [-0.3, -0.25) is 9.59 Å². The Morgan fingerprint density at radius 1 is 1.06 bits per heavy atom. The maximum absolute atomic E-state index is 13.1. The van der Waals surface area contributed by atoms with Crippen molar-refractivity contribution in [1.82, 2.24) is 4.98 Å². The molecule has 2 heterocycles. The van der Waals surface area contributed by atoms with Gasteiger partial charge < -0.3 is 19.6 Å². The summed E-state index contributed by atoms with van der Waals surface area (Å²) in [6.45, 7) is 1.72. The molecule has 10 heteroatoms. The summed E-state index contributed by atoms with van der Waals surface area (Å²) < 4.78 is 49.5. The van der Waals surface area contributed by atoms with Gasteiger partial charge in [-0.2, -0.15) is 13.2 Å². The second kappa shape index (κ2) is 9.91. The lowest BCUT2D eigenvalue weighted by atomic mass is 9.89. The number of oxazole rings is 1. The van der Waals surface area contributed by atoms with Crippen molar-refractivity contribution >= 4 is 17.6 Å². The van der Waals surface area contributed by atoms with E-state index in [1.54, 1.807) is 24.3 Å². The number of carboxylic acid groups (broad SMARTS) is 1. The first-order valence-electron chi connectivity index (χ1n) is 11.0. The van der Waals surface area contributed by atoms with Crippen LogP contribution in [0.3, 0.4) is 0 Å². The zero-order valence-corrected chi connectivity index (χ0v) is 18.8. The zero-order chi connectivity index (χ0) is 25.2. The summed E-state index contributed by atoms with van der Waals surface area (Å²) in [5.74, 6) is -3.34. The van der Waals surface area contributed by atoms with E-state index in [1.807, 2.05) is 24.3 Å². The molecule has 2 aromatic carbocycles. The van der Waals surface area contributed by atoms with Crippen LogP contribution in [0, 0.1) is 6.92 Å². The highest BCUT2D eigenvalue weighted by molar-refractivity contribution is 6.03. The molecule has 7 nitrogen and oxygen atoms in total. The topological polar surface area (TPSA) is 102 Å². The monoisotopic (exact) mass is 488 g/mol. The third-order valence-corrected chi connectivity index (χ3v) is 5.84. The molecule has 0 saturated carbocycles. The number of carboxylic acids is 1. The van der Waals surface area contributed by atoms with Crippen molar-refractivity contribution in [2.24, 2.45) is 0 Å². The molecule has 0 aliphatic carbocycles. The maximum Gasteiger partial charge on any atom is 0.452 e. The molecule has 1 aromatic heterocycles. The number of amides is 1. The minimum atomic E-state index is -4.83. The van der Waals surface area contributed by atoms with E-state index in [1.165, 1.54) is 6.92 Å². The van der Waals surface area contributed by atoms with E-state index in [9.17, 15) is 22.8 Å². The molecule has 3 aromatic rings. The number of rotatable bonds is 6. The molecule has 0 unspecified atom stereocenters. The maximum atomic E-state index is 13.1. The first-order chi connectivity index (χ1) is 16.6. The number of benzene rings is 2. The SMILES string of the molecule is Cc1nc(C(=O)Nc2ccc(-c3ccc([C@H]4CC[C@H](CC(=O)O)OC4)cc3)cc2)c(C(F)(F)F)o1. The number of anilines is 1. The van der Waals surface area contributed by atoms with Crippen molar-refractivity contribution in [3.05, 3.63) is 71.4 Å². The number of hydrogen-bond donors (Lipinski definition) is 2. The molecule has 184 valence electrons. The summed E-state index contributed by atoms with van der Waals surface area (Å²) in [6.07, 6.45) is -3.50. The number of nitrogens with one attached hydrogen (secondary N) is 1. The van der Waals surface area contributed by atoms with Gasteiger partial charge in [0, 0.05) is 18.5 Å². The van der Waals surface area contributed by atoms with E-state index in [-0.39, 0.29) is 24.3 Å². The fourth-order valence-electron chi connectivity index (χ4n) is 4.08. The largest absolute Gasteiger partial charge is 0.481 e. The Hall–Kier alpha value is -3.66. The van der Waals surface area contributed by atoms with Crippen LogP contribution in [0.5, 0.6) is 0 Å². The van der Waals surface area contributed by atoms with Crippen molar-refractivity contribution in [2.75, 3.05) is 11.9 Å². The molecule has 35 heavy (non-hydrogen) atoms. The highest BCUT2D eigenvalue weighted by atomic mass is 19.4. The third kappa shape index (κ3) is 5.89. The lowest BCUT2D eigenvalue weighted by molar-refractivity contribution is -0.153. The second-order valence-electron chi connectivity index (χ2n) is 8.39. The summed E-state index contributed by atoms with van der Waals surface area (Å²) in [7, 11) is 0. The Morgan fingerprint density at radius 2 is 1.69 bits per heavy atom. The van der Waals surface area contributed by atoms with Crippen molar-refractivity contribution in [3.8, 4) is 11.1 Å². The Labute approximate surface area is 198 Å². The van der Waals surface area contributed by atoms with E-state index >= 15 is 0 Å². The number of aliphatic carboxylic acids is 1. The van der Waals surface area contributed by atoms with Crippen LogP contribution in [0.2, 0.25) is 0 Å². The van der Waals surface area contributed by atoms with Gasteiger partial charge in [0.15, 0.2) is 11.6 Å². The van der Waals surface area contributed by atoms with Crippen LogP contribution < -0.4 is 5.32 Å². The van der Waals surface area contributed by atoms with E-state index in [2.05, 4.69) is 14.7 Å². The van der Waals surface area contributed by atoms with Gasteiger partial charge in [-0.05, 0) is 41.7 Å². The number of nitrogens with zero attached hydrogens (tertiary/aromatic N) is 1. The smallest absolute Gasteiger partial charge is 0.452 e. The Balaban J connectivity index is 1.39. The molecule has 0 radical (unpaired) electrons. The minimum Gasteiger partial charge on any atom is -0.481 e. The molecule has 1 aliphatic rings. The van der Waals surface area contributed by atoms with Crippen molar-refractivity contribution < 1.29 is 37.0 Å². The molecule has 0 spiro atoms. The second-order valence-corrected chi connectivity index (χ2v) is 8.39. The normalized spacial score (nSPS) is 18.3. The highest BCUT2D eigenvalue weighted by Crippen LogP contribution is 2.33. The molecule has 2 N–H and O–H groups in total. The number of ether oxygens (including phenoxy) is 1. The van der Waals surface area contributed by atoms with Crippen molar-refractivity contribution in [1.29, 1.82) is 0 Å². The number of hydrogen-bond acceptors (Lipinski definition) is 5. The van der Waals surface area contributed by atoms with Gasteiger partial charge in [0.2, 0.25) is 5.76 Å². The number of carbonyl (C=O) groups excluding carboxylic acids is 1. The molecule has 1 saturated heterocycles. The molecule has 1 fully saturated rings. The first kappa shape index (κ1) is 24.5. The van der Waals surface area contributed by atoms with Crippen molar-refractivity contribution in [2.45, 2.75) is 44.4 Å². The number of alkyl halides is 3. The fraction of sp³-hybridized carbons (Fsp3) is 0.320. The summed E-state index contributed by atoms with van der Waals surface area (Å²) >= 11 is 0. The van der Waals surface area contributed by atoms with Crippen LogP contribution in [0.15, 0.2) is 52.9 Å². The first-order valence-corrected chi connectivity index (χ1v) is 11.0. The average Bonchev–Trinajstić information content (AvgIpc) is 3.22. The third-order valence-electron chi connectivity index (χ3n) is 5.84. The van der Waals surface area contributed by atoms with Gasteiger partial charge in [-0.1, -0.05) is 36.4 Å². The predicted molar refractivity (Wildman–Crippen MR) is 120 cm³/mol. The standard InChI is InChI=1S/C25H23F3N2O5/c1-14-29-22(23(35-14)25(26,27)28)24(33)30-19-9-6-16(7-10-19)15-2-4-17(5-3-15)18-8-11-20(34-13-18)12-21(31)32/h2-7,9-10,18,20H,8,11-13H2,1H3,(H,30,33)(H,31,32)/t18-,20+/m0/s1. The number of aromatic nitrogens is 1. The zero-order valence-electron chi connectivity index (χ0n) is 18.8. The van der Waals surface area contributed by atoms with Gasteiger partial charge in [0.25, 0.3) is 5.91 Å². The Bertz CT molecular complexity index is 1200. The van der Waals surface area contributed by atoms with Gasteiger partial charge in [-0.25, -0.2) is 4.98 Å². The van der Waals surface area contributed by atoms with Gasteiger partial charge >= 0.3 is 12.1 Å². The highest BCUT2D eigenvalue weighted by Gasteiger charge is 2.41. The van der Waals surface area contributed by atoms with Crippen LogP contribution in [0.1, 0.15) is 52.9 Å². The summed E-state index contributed by atoms with van der Waals surface area (Å²) in [6, 6.07) is 14.6. The average molecular weight is 488 g/mol. The van der Waals surface area contributed by atoms with Crippen LogP contribution in [0.25, 0.3) is 11.1 Å². The molecule has 2 atom stereocenters. The van der Waals surface area contributed by atoms with E-state index in [0.717, 1.165) is 23.1 Å². The lowest BCUT2D eigenvalue weighted by Crippen LogP contribution is -2.26. The number of halogens is 3. The van der Waals surface area contributed by atoms with Crippen LogP contribution >= 0.6 is 0 Å². The van der Waals surface area contributed by atoms with Gasteiger partial charge in [0.1, 0.15) is 0 Å². The summed E-state index contributed by atoms with van der Waals surface area (Å²) in [4.78, 5) is 26.7. The molecular formula is C25H23F3N2O5. The number of aryl methyl sites for hydroxylation is 1. The number of carbonyl (C=O) groups is 2. The minimum absolute atomic E-state index is 0.0177. The molecule has 0 bridgehead atoms. The van der Waals surface area contributed by atoms with E-state index in [0.29, 0.717) is 18.7 Å². The van der Waals surface area contributed by atoms with Crippen molar-refractivity contribution in [3.63, 3.8) is 0 Å². The predicted octanol–water partition coefficient (Wildman–Crippen LogP) is 5.66. The van der Waals surface area contributed by atoms with E-state index in [4.69, 9.17) is 9.84 Å². The summed E-state index contributed by atoms with van der Waals surface area (Å²) in [5, 5.41) is 11.3. The quantitative estimate of drug-likeness (QED) is 0.464. The Kier molecular flexibility index (Phi) is 6.93. The molecule has 1 aliphatic heterocycles. The van der Waals surface area contributed by atoms with E-state index < -0.39 is 29.5 Å². The van der Waals surface area contributed by atoms with Gasteiger partial charge in [0.05, 0.1) is 19.1 Å². The van der Waals surface area contributed by atoms with Crippen LogP contribution in [-0.2, 0) is 15.7 Å².